The van der Waals surface area contributed by atoms with Crippen LogP contribution in [-0.4, -0.2) is 25.0 Å². The maximum atomic E-state index is 13.0. The Morgan fingerprint density at radius 2 is 1.88 bits per heavy atom. The van der Waals surface area contributed by atoms with Crippen molar-refractivity contribution in [3.05, 3.63) is 75.6 Å². The number of carbonyl (C=O) groups excluding carboxylic acids is 1. The van der Waals surface area contributed by atoms with Gasteiger partial charge >= 0.3 is 0 Å². The fourth-order valence-corrected chi connectivity index (χ4v) is 3.24. The molecule has 24 heavy (non-hydrogen) atoms. The van der Waals surface area contributed by atoms with Crippen molar-refractivity contribution in [2.24, 2.45) is 0 Å². The molecule has 0 bridgehead atoms. The number of nitrogens with zero attached hydrogens (tertiary/aromatic N) is 1. The number of fused-ring (bicyclic) bond motifs is 2. The standard InChI is InChI=1S/C19H15NO4/c1-20-16(11-6-5-7-12(10-11)23-2)15-17(21)13-8-3-4-9-14(13)24-18(15)19(20)22/h3-10,16H,1-2H3/t16-/m1/s1. The highest BCUT2D eigenvalue weighted by Crippen LogP contribution is 2.37. The minimum Gasteiger partial charge on any atom is -0.497 e. The molecule has 1 aromatic heterocycles. The molecule has 5 heteroatoms. The molecule has 0 unspecified atom stereocenters. The molecule has 2 aromatic carbocycles. The zero-order chi connectivity index (χ0) is 16.8. The lowest BCUT2D eigenvalue weighted by Gasteiger charge is -2.20. The topological polar surface area (TPSA) is 59.8 Å². The molecule has 0 spiro atoms. The largest absolute Gasteiger partial charge is 0.497 e. The maximum absolute atomic E-state index is 13.0. The van der Waals surface area contributed by atoms with Crippen LogP contribution in [0.4, 0.5) is 0 Å². The molecule has 0 radical (unpaired) electrons. The summed E-state index contributed by atoms with van der Waals surface area (Å²) in [5.74, 6) is 0.502. The first-order chi connectivity index (χ1) is 11.6. The van der Waals surface area contributed by atoms with Gasteiger partial charge in [0.15, 0.2) is 5.43 Å². The minimum absolute atomic E-state index is 0.119. The van der Waals surface area contributed by atoms with E-state index in [2.05, 4.69) is 0 Å². The first kappa shape index (κ1) is 14.5. The van der Waals surface area contributed by atoms with Crippen molar-refractivity contribution in [3.63, 3.8) is 0 Å². The van der Waals surface area contributed by atoms with Gasteiger partial charge < -0.3 is 14.1 Å². The molecular formula is C19H15NO4. The minimum atomic E-state index is -0.483. The van der Waals surface area contributed by atoms with Crippen molar-refractivity contribution >= 4 is 16.9 Å². The molecular weight excluding hydrogens is 306 g/mol. The van der Waals surface area contributed by atoms with E-state index in [1.807, 2.05) is 24.3 Å². The van der Waals surface area contributed by atoms with E-state index in [0.717, 1.165) is 5.56 Å². The van der Waals surface area contributed by atoms with Crippen molar-refractivity contribution in [1.82, 2.24) is 4.90 Å². The normalized spacial score (nSPS) is 16.5. The van der Waals surface area contributed by atoms with Crippen LogP contribution in [0.15, 0.2) is 57.7 Å². The highest BCUT2D eigenvalue weighted by Gasteiger charge is 2.40. The van der Waals surface area contributed by atoms with Gasteiger partial charge in [-0.25, -0.2) is 0 Å². The molecule has 1 aliphatic heterocycles. The number of methoxy groups -OCH3 is 1. The molecule has 2 heterocycles. The van der Waals surface area contributed by atoms with E-state index in [1.54, 1.807) is 38.4 Å². The third-order valence-corrected chi connectivity index (χ3v) is 4.42. The molecule has 3 aromatic rings. The van der Waals surface area contributed by atoms with Gasteiger partial charge in [0, 0.05) is 7.05 Å². The molecule has 0 fully saturated rings. The summed E-state index contributed by atoms with van der Waals surface area (Å²) in [6, 6.07) is 13.9. The fourth-order valence-electron chi connectivity index (χ4n) is 3.24. The van der Waals surface area contributed by atoms with Gasteiger partial charge in [-0.1, -0.05) is 24.3 Å². The van der Waals surface area contributed by atoms with Gasteiger partial charge in [0.1, 0.15) is 11.3 Å². The van der Waals surface area contributed by atoms with Gasteiger partial charge in [-0.05, 0) is 29.8 Å². The Kier molecular flexibility index (Phi) is 3.16. The summed E-state index contributed by atoms with van der Waals surface area (Å²) in [6.45, 7) is 0. The fraction of sp³-hybridized carbons (Fsp3) is 0.158. The average Bonchev–Trinajstić information content (AvgIpc) is 2.87. The number of rotatable bonds is 2. The summed E-state index contributed by atoms with van der Waals surface area (Å²) >= 11 is 0. The average molecular weight is 321 g/mol. The summed E-state index contributed by atoms with van der Waals surface area (Å²) in [5.41, 5.74) is 1.45. The second kappa shape index (κ2) is 5.23. The highest BCUT2D eigenvalue weighted by atomic mass is 16.5. The Bertz CT molecular complexity index is 1020. The molecule has 5 nitrogen and oxygen atoms in total. The van der Waals surface area contributed by atoms with Gasteiger partial charge in [-0.15, -0.1) is 0 Å². The van der Waals surface area contributed by atoms with E-state index < -0.39 is 6.04 Å². The molecule has 120 valence electrons. The second-order valence-corrected chi connectivity index (χ2v) is 5.77. The number of carbonyl (C=O) groups is 1. The molecule has 0 saturated carbocycles. The Hall–Kier alpha value is -3.08. The number of hydrogen-bond donors (Lipinski definition) is 0. The molecule has 0 N–H and O–H groups in total. The van der Waals surface area contributed by atoms with Crippen LogP contribution in [0.25, 0.3) is 11.0 Å². The van der Waals surface area contributed by atoms with E-state index in [0.29, 0.717) is 22.3 Å². The number of benzene rings is 2. The van der Waals surface area contributed by atoms with Gasteiger partial charge in [0.2, 0.25) is 5.76 Å². The van der Waals surface area contributed by atoms with Crippen molar-refractivity contribution in [3.8, 4) is 5.75 Å². The van der Waals surface area contributed by atoms with E-state index in [-0.39, 0.29) is 17.1 Å². The van der Waals surface area contributed by atoms with Gasteiger partial charge in [0.05, 0.1) is 24.1 Å². The van der Waals surface area contributed by atoms with Crippen molar-refractivity contribution in [2.75, 3.05) is 14.2 Å². The molecule has 0 aliphatic carbocycles. The Morgan fingerprint density at radius 3 is 2.67 bits per heavy atom. The number of para-hydroxylation sites is 1. The number of ether oxygens (including phenoxy) is 1. The van der Waals surface area contributed by atoms with Crippen molar-refractivity contribution in [1.29, 1.82) is 0 Å². The smallest absolute Gasteiger partial charge is 0.290 e. The molecule has 1 atom stereocenters. The van der Waals surface area contributed by atoms with E-state index in [4.69, 9.17) is 9.15 Å². The monoisotopic (exact) mass is 321 g/mol. The van der Waals surface area contributed by atoms with Crippen molar-refractivity contribution < 1.29 is 13.9 Å². The third-order valence-electron chi connectivity index (χ3n) is 4.42. The summed E-state index contributed by atoms with van der Waals surface area (Å²) in [7, 11) is 3.25. The molecule has 0 saturated heterocycles. The summed E-state index contributed by atoms with van der Waals surface area (Å²) in [5, 5.41) is 0.479. The predicted molar refractivity (Wildman–Crippen MR) is 89.4 cm³/mol. The highest BCUT2D eigenvalue weighted by molar-refractivity contribution is 5.98. The molecule has 1 amide bonds. The zero-order valence-corrected chi connectivity index (χ0v) is 13.3. The lowest BCUT2D eigenvalue weighted by molar-refractivity contribution is 0.0771. The van der Waals surface area contributed by atoms with Crippen LogP contribution in [-0.2, 0) is 0 Å². The maximum Gasteiger partial charge on any atom is 0.290 e. The Labute approximate surface area is 138 Å². The molecule has 1 aliphatic rings. The summed E-state index contributed by atoms with van der Waals surface area (Å²) in [4.78, 5) is 27.1. The second-order valence-electron chi connectivity index (χ2n) is 5.77. The summed E-state index contributed by atoms with van der Waals surface area (Å²) < 4.78 is 11.0. The quantitative estimate of drug-likeness (QED) is 0.728. The number of amides is 1. The Morgan fingerprint density at radius 1 is 1.08 bits per heavy atom. The van der Waals surface area contributed by atoms with Crippen LogP contribution < -0.4 is 10.2 Å². The first-order valence-electron chi connectivity index (χ1n) is 7.58. The van der Waals surface area contributed by atoms with Crippen molar-refractivity contribution in [2.45, 2.75) is 6.04 Å². The van der Waals surface area contributed by atoms with Gasteiger partial charge in [-0.3, -0.25) is 9.59 Å². The van der Waals surface area contributed by atoms with Crippen LogP contribution >= 0.6 is 0 Å². The summed E-state index contributed by atoms with van der Waals surface area (Å²) in [6.07, 6.45) is 0. The van der Waals surface area contributed by atoms with E-state index in [9.17, 15) is 9.59 Å². The van der Waals surface area contributed by atoms with Crippen LogP contribution in [0.3, 0.4) is 0 Å². The van der Waals surface area contributed by atoms with Crippen LogP contribution in [0.5, 0.6) is 5.75 Å². The SMILES string of the molecule is COc1cccc([C@@H]2c3c(oc4ccccc4c3=O)C(=O)N2C)c1. The predicted octanol–water partition coefficient (Wildman–Crippen LogP) is 2.98. The third kappa shape index (κ3) is 1.94. The van der Waals surface area contributed by atoms with E-state index in [1.165, 1.54) is 4.90 Å². The van der Waals surface area contributed by atoms with Crippen LogP contribution in [0.1, 0.15) is 27.7 Å². The first-order valence-corrected chi connectivity index (χ1v) is 7.58. The number of hydrogen-bond acceptors (Lipinski definition) is 4. The van der Waals surface area contributed by atoms with Crippen LogP contribution in [0.2, 0.25) is 0 Å². The zero-order valence-electron chi connectivity index (χ0n) is 13.3. The van der Waals surface area contributed by atoms with E-state index >= 15 is 0 Å². The lowest BCUT2D eigenvalue weighted by atomic mass is 9.98. The van der Waals surface area contributed by atoms with Crippen LogP contribution in [0, 0.1) is 0 Å². The van der Waals surface area contributed by atoms with Gasteiger partial charge in [-0.2, -0.15) is 0 Å². The lowest BCUT2D eigenvalue weighted by Crippen LogP contribution is -2.25. The van der Waals surface area contributed by atoms with Gasteiger partial charge in [0.25, 0.3) is 5.91 Å². The molecule has 4 rings (SSSR count). The Balaban J connectivity index is 2.01.